The van der Waals surface area contributed by atoms with Gasteiger partial charge in [0.1, 0.15) is 18.0 Å². The Morgan fingerprint density at radius 1 is 1.41 bits per heavy atom. The van der Waals surface area contributed by atoms with Gasteiger partial charge in [0.05, 0.1) is 12.1 Å². The molecule has 17 heavy (non-hydrogen) atoms. The van der Waals surface area contributed by atoms with Crippen LogP contribution in [0.3, 0.4) is 0 Å². The Morgan fingerprint density at radius 2 is 2.18 bits per heavy atom. The third-order valence-corrected chi connectivity index (χ3v) is 3.17. The Morgan fingerprint density at radius 3 is 2.76 bits per heavy atom. The quantitative estimate of drug-likeness (QED) is 0.832. The highest BCUT2D eigenvalue weighted by atomic mass is 16.5. The average Bonchev–Trinajstić information content (AvgIpc) is 2.75. The Kier molecular flexibility index (Phi) is 3.47. The number of ether oxygens (including phenoxy) is 1. The van der Waals surface area contributed by atoms with E-state index < -0.39 is 0 Å². The van der Waals surface area contributed by atoms with E-state index in [0.717, 1.165) is 43.3 Å². The van der Waals surface area contributed by atoms with Gasteiger partial charge in [0, 0.05) is 19.2 Å². The van der Waals surface area contributed by atoms with Crippen molar-refractivity contribution in [3.63, 3.8) is 0 Å². The lowest BCUT2D eigenvalue weighted by Gasteiger charge is -2.26. The molecular weight excluding hydrogens is 216 g/mol. The van der Waals surface area contributed by atoms with Crippen LogP contribution in [0.25, 0.3) is 0 Å². The first kappa shape index (κ1) is 12.1. The summed E-state index contributed by atoms with van der Waals surface area (Å²) in [6.07, 6.45) is 3.50. The van der Waals surface area contributed by atoms with E-state index in [0.29, 0.717) is 0 Å². The van der Waals surface area contributed by atoms with Gasteiger partial charge in [-0.2, -0.15) is 0 Å². The van der Waals surface area contributed by atoms with Gasteiger partial charge in [-0.3, -0.25) is 0 Å². The van der Waals surface area contributed by atoms with Crippen molar-refractivity contribution in [2.45, 2.75) is 32.2 Å². The summed E-state index contributed by atoms with van der Waals surface area (Å²) in [6, 6.07) is 0. The zero-order chi connectivity index (χ0) is 12.3. The smallest absolute Gasteiger partial charge is 0.135 e. The molecule has 0 aromatic carbocycles. The summed E-state index contributed by atoms with van der Waals surface area (Å²) in [4.78, 5) is 8.58. The normalized spacial score (nSPS) is 23.7. The van der Waals surface area contributed by atoms with Crippen LogP contribution in [-0.2, 0) is 11.2 Å². The maximum atomic E-state index is 5.44. The molecule has 5 heteroatoms. The highest BCUT2D eigenvalue weighted by Gasteiger charge is 2.30. The Bertz CT molecular complexity index is 388. The summed E-state index contributed by atoms with van der Waals surface area (Å²) in [5.41, 5.74) is 1.12. The number of aromatic nitrogens is 2. The number of hydrogen-bond donors (Lipinski definition) is 2. The lowest BCUT2D eigenvalue weighted by molar-refractivity contribution is 0.185. The van der Waals surface area contributed by atoms with Crippen LogP contribution in [0.5, 0.6) is 0 Å². The molecule has 2 N–H and O–H groups in total. The molecule has 2 heterocycles. The van der Waals surface area contributed by atoms with E-state index in [1.807, 2.05) is 7.05 Å². The van der Waals surface area contributed by atoms with Gasteiger partial charge >= 0.3 is 0 Å². The average molecular weight is 236 g/mol. The van der Waals surface area contributed by atoms with Crippen LogP contribution in [0.2, 0.25) is 0 Å². The molecule has 94 valence electrons. The van der Waals surface area contributed by atoms with Gasteiger partial charge < -0.3 is 15.4 Å². The zero-order valence-corrected chi connectivity index (χ0v) is 10.7. The van der Waals surface area contributed by atoms with Gasteiger partial charge in [-0.05, 0) is 19.8 Å². The second-order valence-electron chi connectivity index (χ2n) is 4.64. The summed E-state index contributed by atoms with van der Waals surface area (Å²) in [5, 5.41) is 6.60. The lowest BCUT2D eigenvalue weighted by Crippen LogP contribution is -2.35. The minimum Gasteiger partial charge on any atom is -0.379 e. The number of hydrogen-bond acceptors (Lipinski definition) is 5. The molecule has 1 aromatic rings. The van der Waals surface area contributed by atoms with Crippen molar-refractivity contribution in [1.82, 2.24) is 9.97 Å². The van der Waals surface area contributed by atoms with E-state index in [4.69, 9.17) is 4.74 Å². The van der Waals surface area contributed by atoms with E-state index in [-0.39, 0.29) is 5.54 Å². The summed E-state index contributed by atoms with van der Waals surface area (Å²) < 4.78 is 5.44. The minimum atomic E-state index is -0.0106. The largest absolute Gasteiger partial charge is 0.379 e. The third kappa shape index (κ3) is 2.49. The maximum Gasteiger partial charge on any atom is 0.135 e. The fraction of sp³-hybridized carbons (Fsp3) is 0.667. The van der Waals surface area contributed by atoms with Gasteiger partial charge in [-0.1, -0.05) is 6.92 Å². The van der Waals surface area contributed by atoms with Crippen molar-refractivity contribution in [2.24, 2.45) is 0 Å². The van der Waals surface area contributed by atoms with Crippen LogP contribution in [0.15, 0.2) is 6.33 Å². The lowest BCUT2D eigenvalue weighted by atomic mass is 10.0. The van der Waals surface area contributed by atoms with Crippen molar-refractivity contribution in [3.8, 4) is 0 Å². The molecule has 1 saturated heterocycles. The van der Waals surface area contributed by atoms with Gasteiger partial charge in [-0.15, -0.1) is 0 Å². The van der Waals surface area contributed by atoms with Crippen LogP contribution < -0.4 is 10.6 Å². The summed E-state index contributed by atoms with van der Waals surface area (Å²) in [5.74, 6) is 1.81. The van der Waals surface area contributed by atoms with Crippen molar-refractivity contribution in [2.75, 3.05) is 30.9 Å². The van der Waals surface area contributed by atoms with Crippen molar-refractivity contribution in [3.05, 3.63) is 11.9 Å². The Labute approximate surface area is 102 Å². The predicted octanol–water partition coefficient (Wildman–Crippen LogP) is 1.67. The molecule has 1 fully saturated rings. The molecule has 0 spiro atoms. The first-order valence-corrected chi connectivity index (χ1v) is 6.06. The van der Waals surface area contributed by atoms with Gasteiger partial charge in [-0.25, -0.2) is 9.97 Å². The van der Waals surface area contributed by atoms with E-state index >= 15 is 0 Å². The molecule has 0 radical (unpaired) electrons. The molecule has 1 atom stereocenters. The van der Waals surface area contributed by atoms with Gasteiger partial charge in [0.25, 0.3) is 0 Å². The first-order chi connectivity index (χ1) is 8.18. The fourth-order valence-corrected chi connectivity index (χ4v) is 2.12. The molecule has 1 aliphatic rings. The highest BCUT2D eigenvalue weighted by Crippen LogP contribution is 2.27. The maximum absolute atomic E-state index is 5.44. The van der Waals surface area contributed by atoms with Crippen LogP contribution >= 0.6 is 0 Å². The molecule has 5 nitrogen and oxygen atoms in total. The van der Waals surface area contributed by atoms with Gasteiger partial charge in [0.15, 0.2) is 0 Å². The molecule has 0 aliphatic carbocycles. The fourth-order valence-electron chi connectivity index (χ4n) is 2.12. The molecule has 0 amide bonds. The van der Waals surface area contributed by atoms with E-state index in [2.05, 4.69) is 34.4 Å². The summed E-state index contributed by atoms with van der Waals surface area (Å²) in [6.45, 7) is 5.82. The number of nitrogens with zero attached hydrogens (tertiary/aromatic N) is 2. The SMILES string of the molecule is CCc1c(NC)ncnc1NC1(C)CCOC1. The molecular formula is C12H20N4O. The van der Waals surface area contributed by atoms with Crippen LogP contribution in [0.1, 0.15) is 25.8 Å². The van der Waals surface area contributed by atoms with Crippen LogP contribution in [-0.4, -0.2) is 35.8 Å². The zero-order valence-electron chi connectivity index (χ0n) is 10.7. The number of anilines is 2. The standard InChI is InChI=1S/C12H20N4O/c1-4-9-10(13-3)14-8-15-11(9)16-12(2)5-6-17-7-12/h8H,4-7H2,1-3H3,(H2,13,14,15,16). The van der Waals surface area contributed by atoms with Crippen LogP contribution in [0.4, 0.5) is 11.6 Å². The van der Waals surface area contributed by atoms with E-state index in [1.165, 1.54) is 0 Å². The molecule has 2 rings (SSSR count). The van der Waals surface area contributed by atoms with Crippen molar-refractivity contribution >= 4 is 11.6 Å². The molecule has 1 unspecified atom stereocenters. The minimum absolute atomic E-state index is 0.0106. The molecule has 0 bridgehead atoms. The third-order valence-electron chi connectivity index (χ3n) is 3.17. The first-order valence-electron chi connectivity index (χ1n) is 6.06. The van der Waals surface area contributed by atoms with Gasteiger partial charge in [0.2, 0.25) is 0 Å². The molecule has 0 saturated carbocycles. The topological polar surface area (TPSA) is 59.1 Å². The summed E-state index contributed by atoms with van der Waals surface area (Å²) >= 11 is 0. The number of nitrogens with one attached hydrogen (secondary N) is 2. The van der Waals surface area contributed by atoms with E-state index in [9.17, 15) is 0 Å². The Hall–Kier alpha value is -1.36. The van der Waals surface area contributed by atoms with Crippen molar-refractivity contribution < 1.29 is 4.74 Å². The Balaban J connectivity index is 2.25. The predicted molar refractivity (Wildman–Crippen MR) is 68.4 cm³/mol. The van der Waals surface area contributed by atoms with Crippen LogP contribution in [0, 0.1) is 0 Å². The van der Waals surface area contributed by atoms with E-state index in [1.54, 1.807) is 6.33 Å². The molecule has 1 aliphatic heterocycles. The monoisotopic (exact) mass is 236 g/mol. The highest BCUT2D eigenvalue weighted by molar-refractivity contribution is 5.58. The number of rotatable bonds is 4. The second-order valence-corrected chi connectivity index (χ2v) is 4.64. The molecule has 1 aromatic heterocycles. The second kappa shape index (κ2) is 4.87. The van der Waals surface area contributed by atoms with Crippen molar-refractivity contribution in [1.29, 1.82) is 0 Å². The summed E-state index contributed by atoms with van der Waals surface area (Å²) in [7, 11) is 1.88.